The Kier molecular flexibility index (Phi) is 4.04. The average Bonchev–Trinajstić information content (AvgIpc) is 2.45. The Balaban J connectivity index is 1.68. The molecule has 0 radical (unpaired) electrons. The summed E-state index contributed by atoms with van der Waals surface area (Å²) in [7, 11) is 0. The number of allylic oxidation sites excluding steroid dienone is 1. The van der Waals surface area contributed by atoms with Crippen LogP contribution in [-0.2, 0) is 15.1 Å². The summed E-state index contributed by atoms with van der Waals surface area (Å²) in [5.41, 5.74) is 1.68. The summed E-state index contributed by atoms with van der Waals surface area (Å²) in [6.07, 6.45) is 5.08. The van der Waals surface area contributed by atoms with E-state index in [0.29, 0.717) is 5.02 Å². The summed E-state index contributed by atoms with van der Waals surface area (Å²) >= 11 is 6.05. The number of ether oxygens (including phenoxy) is 1. The van der Waals surface area contributed by atoms with Gasteiger partial charge in [-0.2, -0.15) is 0 Å². The van der Waals surface area contributed by atoms with Crippen LogP contribution in [0.5, 0.6) is 0 Å². The minimum absolute atomic E-state index is 0.0297. The number of hydrogen-bond donors (Lipinski definition) is 1. The van der Waals surface area contributed by atoms with E-state index in [9.17, 15) is 4.79 Å². The normalized spacial score (nSPS) is 20.2. The van der Waals surface area contributed by atoms with Crippen molar-refractivity contribution in [2.45, 2.75) is 38.6 Å². The Bertz CT molecular complexity index is 615. The van der Waals surface area contributed by atoms with Crippen molar-refractivity contribution in [1.82, 2.24) is 5.32 Å². The minimum Gasteiger partial charge on any atom is -0.381 e. The van der Waals surface area contributed by atoms with E-state index in [4.69, 9.17) is 16.3 Å². The van der Waals surface area contributed by atoms with Crippen LogP contribution < -0.4 is 5.32 Å². The van der Waals surface area contributed by atoms with Gasteiger partial charge in [-0.05, 0) is 56.2 Å². The molecule has 1 fully saturated rings. The zero-order valence-electron chi connectivity index (χ0n) is 13.1. The molecule has 0 saturated carbocycles. The molecule has 1 spiro atoms. The summed E-state index contributed by atoms with van der Waals surface area (Å²) in [6, 6.07) is 7.63. The molecule has 1 heterocycles. The van der Waals surface area contributed by atoms with Crippen LogP contribution in [0.1, 0.15) is 38.7 Å². The predicted octanol–water partition coefficient (Wildman–Crippen LogP) is 3.82. The average molecular weight is 320 g/mol. The molecule has 118 valence electrons. The van der Waals surface area contributed by atoms with Crippen molar-refractivity contribution < 1.29 is 9.53 Å². The summed E-state index contributed by atoms with van der Waals surface area (Å²) in [5, 5.41) is 3.81. The lowest BCUT2D eigenvalue weighted by atomic mass is 9.66. The number of halogens is 1. The largest absolute Gasteiger partial charge is 0.381 e. The molecule has 0 unspecified atom stereocenters. The molecule has 2 aliphatic rings. The molecule has 0 atom stereocenters. The van der Waals surface area contributed by atoms with Gasteiger partial charge in [0.15, 0.2) is 0 Å². The SMILES string of the molecule is CC(C)(NC(=O)C1=CC2(CCOCC2)C1)c1cccc(Cl)c1. The first-order valence-electron chi connectivity index (χ1n) is 7.78. The van der Waals surface area contributed by atoms with Crippen LogP contribution in [-0.4, -0.2) is 19.1 Å². The molecule has 4 heteroatoms. The third-order valence-electron chi connectivity index (χ3n) is 4.78. The van der Waals surface area contributed by atoms with Gasteiger partial charge in [-0.25, -0.2) is 0 Å². The topological polar surface area (TPSA) is 38.3 Å². The Hall–Kier alpha value is -1.32. The highest BCUT2D eigenvalue weighted by Gasteiger charge is 2.41. The van der Waals surface area contributed by atoms with Crippen molar-refractivity contribution in [1.29, 1.82) is 0 Å². The highest BCUT2D eigenvalue weighted by atomic mass is 35.5. The Morgan fingerprint density at radius 3 is 2.64 bits per heavy atom. The number of benzene rings is 1. The summed E-state index contributed by atoms with van der Waals surface area (Å²) in [6.45, 7) is 5.61. The van der Waals surface area contributed by atoms with Gasteiger partial charge >= 0.3 is 0 Å². The van der Waals surface area contributed by atoms with E-state index >= 15 is 0 Å². The fourth-order valence-corrected chi connectivity index (χ4v) is 3.47. The van der Waals surface area contributed by atoms with Gasteiger partial charge in [0, 0.05) is 23.8 Å². The maximum atomic E-state index is 12.5. The molecule has 1 aliphatic heterocycles. The van der Waals surface area contributed by atoms with Crippen molar-refractivity contribution in [3.63, 3.8) is 0 Å². The second-order valence-electron chi connectivity index (χ2n) is 6.91. The smallest absolute Gasteiger partial charge is 0.247 e. The number of rotatable bonds is 3. The maximum absolute atomic E-state index is 12.5. The van der Waals surface area contributed by atoms with E-state index in [1.165, 1.54) is 0 Å². The first kappa shape index (κ1) is 15.6. The number of carbonyl (C=O) groups is 1. The van der Waals surface area contributed by atoms with E-state index in [0.717, 1.165) is 43.6 Å². The van der Waals surface area contributed by atoms with Crippen LogP contribution in [0.25, 0.3) is 0 Å². The van der Waals surface area contributed by atoms with Crippen LogP contribution in [0.15, 0.2) is 35.9 Å². The molecular formula is C18H22ClNO2. The molecule has 1 aliphatic carbocycles. The Labute approximate surface area is 136 Å². The third kappa shape index (κ3) is 3.06. The van der Waals surface area contributed by atoms with Gasteiger partial charge in [-0.1, -0.05) is 29.8 Å². The van der Waals surface area contributed by atoms with Crippen molar-refractivity contribution in [3.05, 3.63) is 46.5 Å². The van der Waals surface area contributed by atoms with Gasteiger partial charge in [-0.3, -0.25) is 4.79 Å². The summed E-state index contributed by atoms with van der Waals surface area (Å²) < 4.78 is 5.40. The molecular weight excluding hydrogens is 298 g/mol. The van der Waals surface area contributed by atoms with Crippen LogP contribution in [0.3, 0.4) is 0 Å². The van der Waals surface area contributed by atoms with Gasteiger partial charge in [0.1, 0.15) is 0 Å². The van der Waals surface area contributed by atoms with Crippen molar-refractivity contribution in [3.8, 4) is 0 Å². The van der Waals surface area contributed by atoms with E-state index in [1.807, 2.05) is 38.1 Å². The quantitative estimate of drug-likeness (QED) is 0.919. The van der Waals surface area contributed by atoms with Crippen LogP contribution in [0, 0.1) is 5.41 Å². The Morgan fingerprint density at radius 2 is 2.00 bits per heavy atom. The first-order valence-corrected chi connectivity index (χ1v) is 8.16. The molecule has 3 rings (SSSR count). The zero-order valence-corrected chi connectivity index (χ0v) is 13.9. The number of hydrogen-bond acceptors (Lipinski definition) is 2. The molecule has 0 bridgehead atoms. The number of carbonyl (C=O) groups excluding carboxylic acids is 1. The standard InChI is InChI=1S/C18H22ClNO2/c1-17(2,14-4-3-5-15(19)10-14)20-16(21)13-11-18(12-13)6-8-22-9-7-18/h3-5,10-11H,6-9,12H2,1-2H3,(H,20,21). The lowest BCUT2D eigenvalue weighted by Crippen LogP contribution is -2.45. The van der Waals surface area contributed by atoms with Gasteiger partial charge in [0.2, 0.25) is 5.91 Å². The highest BCUT2D eigenvalue weighted by molar-refractivity contribution is 6.30. The van der Waals surface area contributed by atoms with Crippen molar-refractivity contribution >= 4 is 17.5 Å². The second-order valence-corrected chi connectivity index (χ2v) is 7.35. The molecule has 0 aromatic heterocycles. The van der Waals surface area contributed by atoms with E-state index < -0.39 is 5.54 Å². The molecule has 1 aromatic rings. The van der Waals surface area contributed by atoms with Crippen LogP contribution >= 0.6 is 11.6 Å². The summed E-state index contributed by atoms with van der Waals surface area (Å²) in [4.78, 5) is 12.5. The third-order valence-corrected chi connectivity index (χ3v) is 5.01. The molecule has 1 N–H and O–H groups in total. The predicted molar refractivity (Wildman–Crippen MR) is 87.8 cm³/mol. The summed E-state index contributed by atoms with van der Waals surface area (Å²) in [5.74, 6) is 0.0297. The molecule has 1 aromatic carbocycles. The van der Waals surface area contributed by atoms with E-state index in [2.05, 4.69) is 11.4 Å². The van der Waals surface area contributed by atoms with Crippen LogP contribution in [0.4, 0.5) is 0 Å². The second kappa shape index (κ2) is 5.71. The zero-order chi connectivity index (χ0) is 15.8. The van der Waals surface area contributed by atoms with E-state index in [-0.39, 0.29) is 11.3 Å². The lowest BCUT2D eigenvalue weighted by Gasteiger charge is -2.42. The van der Waals surface area contributed by atoms with Gasteiger partial charge in [0.25, 0.3) is 0 Å². The fourth-order valence-electron chi connectivity index (χ4n) is 3.28. The monoisotopic (exact) mass is 319 g/mol. The maximum Gasteiger partial charge on any atom is 0.247 e. The molecule has 1 saturated heterocycles. The molecule has 1 amide bonds. The van der Waals surface area contributed by atoms with Crippen molar-refractivity contribution in [2.75, 3.05) is 13.2 Å². The van der Waals surface area contributed by atoms with Gasteiger partial charge < -0.3 is 10.1 Å². The lowest BCUT2D eigenvalue weighted by molar-refractivity contribution is -0.120. The number of amides is 1. The first-order chi connectivity index (χ1) is 10.4. The fraction of sp³-hybridized carbons (Fsp3) is 0.500. The van der Waals surface area contributed by atoms with Gasteiger partial charge in [-0.15, -0.1) is 0 Å². The van der Waals surface area contributed by atoms with Gasteiger partial charge in [0.05, 0.1) is 5.54 Å². The van der Waals surface area contributed by atoms with Crippen molar-refractivity contribution in [2.24, 2.45) is 5.41 Å². The molecule has 3 nitrogen and oxygen atoms in total. The van der Waals surface area contributed by atoms with Crippen LogP contribution in [0.2, 0.25) is 5.02 Å². The molecule has 22 heavy (non-hydrogen) atoms. The Morgan fingerprint density at radius 1 is 1.32 bits per heavy atom. The minimum atomic E-state index is -0.443. The highest BCUT2D eigenvalue weighted by Crippen LogP contribution is 2.46. The number of nitrogens with one attached hydrogen (secondary N) is 1. The van der Waals surface area contributed by atoms with E-state index in [1.54, 1.807) is 0 Å².